The second-order valence-corrected chi connectivity index (χ2v) is 4.82. The van der Waals surface area contributed by atoms with Gasteiger partial charge in [-0.1, -0.05) is 0 Å². The Kier molecular flexibility index (Phi) is 5.58. The third-order valence-electron chi connectivity index (χ3n) is 2.42. The van der Waals surface area contributed by atoms with Gasteiger partial charge in [-0.25, -0.2) is 0 Å². The number of thioether (sulfide) groups is 1. The summed E-state index contributed by atoms with van der Waals surface area (Å²) < 4.78 is 0. The number of phenols is 1. The number of amides is 1. The van der Waals surface area contributed by atoms with Gasteiger partial charge >= 0.3 is 0 Å². The number of carbonyl (C=O) groups excluding carboxylic acids is 1. The Labute approximate surface area is 114 Å². The number of anilines is 1. The highest BCUT2D eigenvalue weighted by atomic mass is 32.2. The van der Waals surface area contributed by atoms with E-state index in [1.807, 2.05) is 6.26 Å². The largest absolute Gasteiger partial charge is 0.506 e. The van der Waals surface area contributed by atoms with Crippen molar-refractivity contribution in [3.05, 3.63) is 28.3 Å². The molecule has 4 N–H and O–H groups in total. The first-order valence-corrected chi connectivity index (χ1v) is 6.88. The van der Waals surface area contributed by atoms with Crippen LogP contribution in [0.15, 0.2) is 18.2 Å². The Bertz CT molecular complexity index is 481. The van der Waals surface area contributed by atoms with E-state index in [0.29, 0.717) is 6.42 Å². The molecular formula is C11H15N3O4S. The fourth-order valence-electron chi connectivity index (χ4n) is 1.34. The zero-order valence-corrected chi connectivity index (χ0v) is 11.1. The van der Waals surface area contributed by atoms with Crippen molar-refractivity contribution in [3.63, 3.8) is 0 Å². The van der Waals surface area contributed by atoms with E-state index in [4.69, 9.17) is 5.73 Å². The Hall–Kier alpha value is -1.80. The molecule has 0 aliphatic rings. The number of rotatable bonds is 6. The second kappa shape index (κ2) is 6.95. The van der Waals surface area contributed by atoms with Crippen molar-refractivity contribution in [2.45, 2.75) is 12.5 Å². The van der Waals surface area contributed by atoms with E-state index in [0.717, 1.165) is 11.8 Å². The predicted octanol–water partition coefficient (Wildman–Crippen LogP) is 1.32. The molecule has 0 aliphatic carbocycles. The number of aromatic hydroxyl groups is 1. The van der Waals surface area contributed by atoms with Crippen molar-refractivity contribution in [2.24, 2.45) is 5.73 Å². The summed E-state index contributed by atoms with van der Waals surface area (Å²) in [5.74, 6) is -0.0429. The van der Waals surface area contributed by atoms with Crippen LogP contribution in [0.3, 0.4) is 0 Å². The number of phenolic OH excluding ortho intramolecular Hbond substituents is 1. The molecule has 19 heavy (non-hydrogen) atoms. The standard InChI is InChI=1S/C11H15N3O4S/c1-19-5-4-8(12)11(16)13-9-3-2-7(14(17)18)6-10(9)15/h2-3,6,8,15H,4-5,12H2,1H3,(H,13,16)/t8-/m0/s1. The van der Waals surface area contributed by atoms with Crippen molar-refractivity contribution in [1.29, 1.82) is 0 Å². The van der Waals surface area contributed by atoms with Crippen LogP contribution in [-0.2, 0) is 4.79 Å². The fraction of sp³-hybridized carbons (Fsp3) is 0.364. The van der Waals surface area contributed by atoms with Gasteiger partial charge in [0.05, 0.1) is 22.7 Å². The molecule has 1 atom stereocenters. The molecule has 0 saturated heterocycles. The van der Waals surface area contributed by atoms with Gasteiger partial charge in [-0.15, -0.1) is 0 Å². The molecule has 0 aliphatic heterocycles. The number of carbonyl (C=O) groups is 1. The van der Waals surface area contributed by atoms with E-state index < -0.39 is 16.9 Å². The zero-order chi connectivity index (χ0) is 14.4. The first-order valence-electron chi connectivity index (χ1n) is 5.48. The third kappa shape index (κ3) is 4.42. The van der Waals surface area contributed by atoms with Crippen molar-refractivity contribution in [2.75, 3.05) is 17.3 Å². The summed E-state index contributed by atoms with van der Waals surface area (Å²) in [6.45, 7) is 0. The number of nitrogens with one attached hydrogen (secondary N) is 1. The molecule has 0 fully saturated rings. The molecule has 0 radical (unpaired) electrons. The van der Waals surface area contributed by atoms with E-state index in [-0.39, 0.29) is 17.1 Å². The quantitative estimate of drug-likeness (QED) is 0.412. The van der Waals surface area contributed by atoms with Crippen molar-refractivity contribution in [1.82, 2.24) is 0 Å². The van der Waals surface area contributed by atoms with E-state index in [9.17, 15) is 20.0 Å². The lowest BCUT2D eigenvalue weighted by Gasteiger charge is -2.12. The zero-order valence-electron chi connectivity index (χ0n) is 10.3. The lowest BCUT2D eigenvalue weighted by molar-refractivity contribution is -0.384. The van der Waals surface area contributed by atoms with Crippen LogP contribution >= 0.6 is 11.8 Å². The van der Waals surface area contributed by atoms with Crippen LogP contribution in [0.2, 0.25) is 0 Å². The highest BCUT2D eigenvalue weighted by Crippen LogP contribution is 2.27. The van der Waals surface area contributed by atoms with Crippen molar-refractivity contribution >= 4 is 29.0 Å². The van der Waals surface area contributed by atoms with Gasteiger partial charge in [-0.2, -0.15) is 11.8 Å². The Morgan fingerprint density at radius 1 is 1.63 bits per heavy atom. The number of benzene rings is 1. The average Bonchev–Trinajstić information content (AvgIpc) is 2.37. The van der Waals surface area contributed by atoms with Crippen LogP contribution < -0.4 is 11.1 Å². The molecule has 7 nitrogen and oxygen atoms in total. The van der Waals surface area contributed by atoms with Crippen molar-refractivity contribution < 1.29 is 14.8 Å². The summed E-state index contributed by atoms with van der Waals surface area (Å²) in [5, 5.41) is 22.5. The van der Waals surface area contributed by atoms with Gasteiger partial charge in [0.25, 0.3) is 5.69 Å². The first-order chi connectivity index (χ1) is 8.95. The Balaban J connectivity index is 2.72. The lowest BCUT2D eigenvalue weighted by Crippen LogP contribution is -2.36. The number of hydrogen-bond acceptors (Lipinski definition) is 6. The van der Waals surface area contributed by atoms with Crippen LogP contribution in [0.4, 0.5) is 11.4 Å². The first kappa shape index (κ1) is 15.3. The van der Waals surface area contributed by atoms with Gasteiger partial charge < -0.3 is 16.2 Å². The molecule has 1 aromatic rings. The predicted molar refractivity (Wildman–Crippen MR) is 74.4 cm³/mol. The van der Waals surface area contributed by atoms with Crippen LogP contribution in [-0.4, -0.2) is 34.0 Å². The number of nitrogens with two attached hydrogens (primary N) is 1. The highest BCUT2D eigenvalue weighted by molar-refractivity contribution is 7.98. The number of non-ortho nitro benzene ring substituents is 1. The second-order valence-electron chi connectivity index (χ2n) is 3.84. The van der Waals surface area contributed by atoms with E-state index in [1.54, 1.807) is 11.8 Å². The minimum Gasteiger partial charge on any atom is -0.506 e. The van der Waals surface area contributed by atoms with Gasteiger partial charge in [0.1, 0.15) is 5.75 Å². The molecular weight excluding hydrogens is 270 g/mol. The maximum Gasteiger partial charge on any atom is 0.273 e. The van der Waals surface area contributed by atoms with Crippen LogP contribution in [0.5, 0.6) is 5.75 Å². The highest BCUT2D eigenvalue weighted by Gasteiger charge is 2.16. The summed E-state index contributed by atoms with van der Waals surface area (Å²) in [4.78, 5) is 21.6. The summed E-state index contributed by atoms with van der Waals surface area (Å²) >= 11 is 1.58. The summed E-state index contributed by atoms with van der Waals surface area (Å²) in [6, 6.07) is 2.76. The fourth-order valence-corrected chi connectivity index (χ4v) is 1.83. The third-order valence-corrected chi connectivity index (χ3v) is 3.06. The monoisotopic (exact) mass is 285 g/mol. The molecule has 0 unspecified atom stereocenters. The Morgan fingerprint density at radius 2 is 2.32 bits per heavy atom. The molecule has 0 bridgehead atoms. The molecule has 1 aromatic carbocycles. The van der Waals surface area contributed by atoms with Crippen LogP contribution in [0, 0.1) is 10.1 Å². The van der Waals surface area contributed by atoms with E-state index >= 15 is 0 Å². The van der Waals surface area contributed by atoms with Crippen molar-refractivity contribution in [3.8, 4) is 5.75 Å². The minimum atomic E-state index is -0.679. The van der Waals surface area contributed by atoms with E-state index in [2.05, 4.69) is 5.32 Å². The van der Waals surface area contributed by atoms with Crippen LogP contribution in [0.1, 0.15) is 6.42 Å². The van der Waals surface area contributed by atoms with Gasteiger partial charge in [-0.05, 0) is 24.5 Å². The number of nitrogens with zero attached hydrogens (tertiary/aromatic N) is 1. The van der Waals surface area contributed by atoms with Gasteiger partial charge in [0.2, 0.25) is 5.91 Å². The number of hydrogen-bond donors (Lipinski definition) is 3. The molecule has 0 spiro atoms. The van der Waals surface area contributed by atoms with Crippen LogP contribution in [0.25, 0.3) is 0 Å². The lowest BCUT2D eigenvalue weighted by atomic mass is 10.2. The topological polar surface area (TPSA) is 118 Å². The maximum atomic E-state index is 11.7. The molecule has 0 heterocycles. The molecule has 1 amide bonds. The minimum absolute atomic E-state index is 0.107. The average molecular weight is 285 g/mol. The van der Waals surface area contributed by atoms with Gasteiger partial charge in [-0.3, -0.25) is 14.9 Å². The summed E-state index contributed by atoms with van der Waals surface area (Å²) in [6.07, 6.45) is 2.42. The molecule has 8 heteroatoms. The van der Waals surface area contributed by atoms with Gasteiger partial charge in [0, 0.05) is 6.07 Å². The smallest absolute Gasteiger partial charge is 0.273 e. The number of nitro benzene ring substituents is 1. The Morgan fingerprint density at radius 3 is 2.84 bits per heavy atom. The molecule has 1 rings (SSSR count). The number of nitro groups is 1. The normalized spacial score (nSPS) is 11.9. The van der Waals surface area contributed by atoms with Gasteiger partial charge in [0.15, 0.2) is 0 Å². The SMILES string of the molecule is CSCC[C@H](N)C(=O)Nc1ccc([N+](=O)[O-])cc1O. The molecule has 0 saturated carbocycles. The van der Waals surface area contributed by atoms with E-state index in [1.165, 1.54) is 12.1 Å². The molecule has 0 aromatic heterocycles. The molecule has 104 valence electrons. The summed E-state index contributed by atoms with van der Waals surface area (Å²) in [7, 11) is 0. The summed E-state index contributed by atoms with van der Waals surface area (Å²) in [5.41, 5.74) is 5.52. The maximum absolute atomic E-state index is 11.7.